The summed E-state index contributed by atoms with van der Waals surface area (Å²) in [7, 11) is 0. The molecule has 0 heterocycles. The van der Waals surface area contributed by atoms with Crippen molar-refractivity contribution in [1.29, 1.82) is 0 Å². The standard InChI is InChI=1S/C11H15N/c1-8-4-3-5-9(2)11(8)12-10-6-7-10/h3-5,10,12H,6-7H2,1-2H3. The monoisotopic (exact) mass is 161 g/mol. The zero-order valence-electron chi connectivity index (χ0n) is 7.72. The van der Waals surface area contributed by atoms with Crippen LogP contribution in [0.2, 0.25) is 0 Å². The quantitative estimate of drug-likeness (QED) is 0.703. The Bertz CT molecular complexity index is 267. The third-order valence-corrected chi connectivity index (χ3v) is 2.41. The highest BCUT2D eigenvalue weighted by Gasteiger charge is 2.21. The molecule has 2 rings (SSSR count). The largest absolute Gasteiger partial charge is 0.382 e. The van der Waals surface area contributed by atoms with Gasteiger partial charge in [0.05, 0.1) is 0 Å². The zero-order valence-corrected chi connectivity index (χ0v) is 7.72. The fourth-order valence-corrected chi connectivity index (χ4v) is 1.47. The van der Waals surface area contributed by atoms with E-state index in [-0.39, 0.29) is 0 Å². The molecule has 0 unspecified atom stereocenters. The maximum absolute atomic E-state index is 3.55. The first kappa shape index (κ1) is 7.66. The topological polar surface area (TPSA) is 12.0 Å². The summed E-state index contributed by atoms with van der Waals surface area (Å²) in [5.74, 6) is 0. The van der Waals surface area contributed by atoms with Crippen molar-refractivity contribution >= 4 is 5.69 Å². The second kappa shape index (κ2) is 2.81. The Morgan fingerprint density at radius 3 is 2.25 bits per heavy atom. The predicted molar refractivity (Wildman–Crippen MR) is 52.6 cm³/mol. The summed E-state index contributed by atoms with van der Waals surface area (Å²) in [6.07, 6.45) is 2.68. The molecule has 1 fully saturated rings. The van der Waals surface area contributed by atoms with E-state index in [2.05, 4.69) is 37.4 Å². The molecule has 1 aromatic carbocycles. The lowest BCUT2D eigenvalue weighted by Crippen LogP contribution is -2.04. The van der Waals surface area contributed by atoms with Crippen molar-refractivity contribution in [3.63, 3.8) is 0 Å². The molecule has 0 atom stereocenters. The van der Waals surface area contributed by atoms with Gasteiger partial charge in [0.25, 0.3) is 0 Å². The normalized spacial score (nSPS) is 16.2. The molecule has 1 aromatic rings. The van der Waals surface area contributed by atoms with E-state index >= 15 is 0 Å². The third kappa shape index (κ3) is 1.45. The van der Waals surface area contributed by atoms with E-state index in [1.54, 1.807) is 0 Å². The van der Waals surface area contributed by atoms with Crippen molar-refractivity contribution in [2.75, 3.05) is 5.32 Å². The highest BCUT2D eigenvalue weighted by Crippen LogP contribution is 2.28. The Balaban J connectivity index is 2.26. The second-order valence-electron chi connectivity index (χ2n) is 3.69. The highest BCUT2D eigenvalue weighted by molar-refractivity contribution is 5.57. The Morgan fingerprint density at radius 2 is 1.75 bits per heavy atom. The van der Waals surface area contributed by atoms with Crippen molar-refractivity contribution in [3.05, 3.63) is 29.3 Å². The number of benzene rings is 1. The van der Waals surface area contributed by atoms with Gasteiger partial charge in [0.15, 0.2) is 0 Å². The molecule has 64 valence electrons. The number of nitrogens with one attached hydrogen (secondary N) is 1. The third-order valence-electron chi connectivity index (χ3n) is 2.41. The van der Waals surface area contributed by atoms with Crippen LogP contribution in [0.3, 0.4) is 0 Å². The molecule has 0 spiro atoms. The number of para-hydroxylation sites is 1. The second-order valence-corrected chi connectivity index (χ2v) is 3.69. The predicted octanol–water partition coefficient (Wildman–Crippen LogP) is 2.88. The fourth-order valence-electron chi connectivity index (χ4n) is 1.47. The van der Waals surface area contributed by atoms with Crippen LogP contribution >= 0.6 is 0 Å². The minimum atomic E-state index is 0.754. The van der Waals surface area contributed by atoms with Crippen LogP contribution in [0.25, 0.3) is 0 Å². The minimum Gasteiger partial charge on any atom is -0.382 e. The van der Waals surface area contributed by atoms with Gasteiger partial charge in [-0.15, -0.1) is 0 Å². The van der Waals surface area contributed by atoms with Gasteiger partial charge in [0, 0.05) is 11.7 Å². The average Bonchev–Trinajstić information content (AvgIpc) is 2.80. The van der Waals surface area contributed by atoms with Crippen LogP contribution in [-0.4, -0.2) is 6.04 Å². The maximum atomic E-state index is 3.55. The van der Waals surface area contributed by atoms with Gasteiger partial charge >= 0.3 is 0 Å². The molecule has 1 N–H and O–H groups in total. The Hall–Kier alpha value is -0.980. The van der Waals surface area contributed by atoms with Gasteiger partial charge in [-0.3, -0.25) is 0 Å². The molecule has 0 radical (unpaired) electrons. The molecular formula is C11H15N. The van der Waals surface area contributed by atoms with Gasteiger partial charge in [-0.2, -0.15) is 0 Å². The SMILES string of the molecule is Cc1cccc(C)c1NC1CC1. The van der Waals surface area contributed by atoms with Crippen LogP contribution in [0, 0.1) is 13.8 Å². The summed E-state index contributed by atoms with van der Waals surface area (Å²) in [5, 5.41) is 3.55. The number of hydrogen-bond acceptors (Lipinski definition) is 1. The number of hydrogen-bond donors (Lipinski definition) is 1. The van der Waals surface area contributed by atoms with E-state index in [9.17, 15) is 0 Å². The first-order valence-electron chi connectivity index (χ1n) is 4.60. The molecule has 0 amide bonds. The Kier molecular flexibility index (Phi) is 1.80. The maximum Gasteiger partial charge on any atom is 0.0401 e. The van der Waals surface area contributed by atoms with Crippen LogP contribution in [0.4, 0.5) is 5.69 Å². The molecule has 1 nitrogen and oxygen atoms in total. The van der Waals surface area contributed by atoms with Gasteiger partial charge in [-0.1, -0.05) is 18.2 Å². The molecule has 1 aliphatic carbocycles. The first-order chi connectivity index (χ1) is 5.77. The number of aryl methyl sites for hydroxylation is 2. The van der Waals surface area contributed by atoms with Crippen LogP contribution in [0.1, 0.15) is 24.0 Å². The van der Waals surface area contributed by atoms with Gasteiger partial charge in [-0.05, 0) is 37.8 Å². The molecule has 1 aliphatic rings. The number of rotatable bonds is 2. The van der Waals surface area contributed by atoms with E-state index in [0.717, 1.165) is 6.04 Å². The van der Waals surface area contributed by atoms with Gasteiger partial charge in [-0.25, -0.2) is 0 Å². The molecule has 0 aliphatic heterocycles. The van der Waals surface area contributed by atoms with Crippen LogP contribution in [0.15, 0.2) is 18.2 Å². The van der Waals surface area contributed by atoms with E-state index in [1.807, 2.05) is 0 Å². The lowest BCUT2D eigenvalue weighted by molar-refractivity contribution is 1.13. The Morgan fingerprint density at radius 1 is 1.17 bits per heavy atom. The summed E-state index contributed by atoms with van der Waals surface area (Å²) in [5.41, 5.74) is 4.07. The average molecular weight is 161 g/mol. The van der Waals surface area contributed by atoms with E-state index in [4.69, 9.17) is 0 Å². The van der Waals surface area contributed by atoms with Gasteiger partial charge in [0.1, 0.15) is 0 Å². The zero-order chi connectivity index (χ0) is 8.55. The van der Waals surface area contributed by atoms with Crippen molar-refractivity contribution in [1.82, 2.24) is 0 Å². The van der Waals surface area contributed by atoms with Gasteiger partial charge in [0.2, 0.25) is 0 Å². The summed E-state index contributed by atoms with van der Waals surface area (Å²) in [6.45, 7) is 4.33. The summed E-state index contributed by atoms with van der Waals surface area (Å²) in [4.78, 5) is 0. The van der Waals surface area contributed by atoms with E-state index < -0.39 is 0 Å². The highest BCUT2D eigenvalue weighted by atomic mass is 15.0. The summed E-state index contributed by atoms with van der Waals surface area (Å²) < 4.78 is 0. The van der Waals surface area contributed by atoms with E-state index in [0.29, 0.717) is 0 Å². The molecule has 1 heteroatoms. The van der Waals surface area contributed by atoms with Gasteiger partial charge < -0.3 is 5.32 Å². The summed E-state index contributed by atoms with van der Waals surface area (Å²) in [6, 6.07) is 7.20. The van der Waals surface area contributed by atoms with Crippen LogP contribution < -0.4 is 5.32 Å². The molecule has 1 saturated carbocycles. The first-order valence-corrected chi connectivity index (χ1v) is 4.60. The van der Waals surface area contributed by atoms with Crippen molar-refractivity contribution < 1.29 is 0 Å². The number of anilines is 1. The summed E-state index contributed by atoms with van der Waals surface area (Å²) >= 11 is 0. The van der Waals surface area contributed by atoms with Crippen molar-refractivity contribution in [3.8, 4) is 0 Å². The van der Waals surface area contributed by atoms with Crippen molar-refractivity contribution in [2.24, 2.45) is 0 Å². The Labute approximate surface area is 73.8 Å². The lowest BCUT2D eigenvalue weighted by Gasteiger charge is -2.10. The molecule has 12 heavy (non-hydrogen) atoms. The molecule has 0 aromatic heterocycles. The molecule has 0 saturated heterocycles. The smallest absolute Gasteiger partial charge is 0.0401 e. The van der Waals surface area contributed by atoms with Crippen LogP contribution in [-0.2, 0) is 0 Å². The lowest BCUT2D eigenvalue weighted by atomic mass is 10.1. The minimum absolute atomic E-state index is 0.754. The fraction of sp³-hybridized carbons (Fsp3) is 0.455. The molecule has 0 bridgehead atoms. The van der Waals surface area contributed by atoms with E-state index in [1.165, 1.54) is 29.7 Å². The van der Waals surface area contributed by atoms with Crippen molar-refractivity contribution in [2.45, 2.75) is 32.7 Å². The molecular weight excluding hydrogens is 146 g/mol. The van der Waals surface area contributed by atoms with Crippen LogP contribution in [0.5, 0.6) is 0 Å².